The van der Waals surface area contributed by atoms with Gasteiger partial charge in [0.25, 0.3) is 0 Å². The van der Waals surface area contributed by atoms with Gasteiger partial charge in [0.05, 0.1) is 0 Å². The molecule has 0 rings (SSSR count). The summed E-state index contributed by atoms with van der Waals surface area (Å²) in [5, 5.41) is 0. The molecule has 0 bridgehead atoms. The van der Waals surface area contributed by atoms with E-state index in [1.807, 2.05) is 0 Å². The van der Waals surface area contributed by atoms with E-state index in [0.717, 1.165) is 25.7 Å². The van der Waals surface area contributed by atoms with Crippen molar-refractivity contribution in [2.24, 2.45) is 0 Å². The first-order valence-electron chi connectivity index (χ1n) is 17.6. The first kappa shape index (κ1) is 37.1. The van der Waals surface area contributed by atoms with Gasteiger partial charge in [-0.25, -0.2) is 0 Å². The van der Waals surface area contributed by atoms with Crippen molar-refractivity contribution < 1.29 is 4.79 Å². The second-order valence-corrected chi connectivity index (χ2v) is 11.9. The highest BCUT2D eigenvalue weighted by Crippen LogP contribution is 2.15. The average Bonchev–Trinajstić information content (AvgIpc) is 2.92. The molecule has 0 aromatic heterocycles. The molecule has 0 saturated carbocycles. The summed E-state index contributed by atoms with van der Waals surface area (Å²) in [6, 6.07) is 0. The lowest BCUT2D eigenvalue weighted by molar-refractivity contribution is -0.119. The van der Waals surface area contributed by atoms with Crippen LogP contribution in [0.5, 0.6) is 0 Å². The van der Waals surface area contributed by atoms with Gasteiger partial charge in [0.15, 0.2) is 0 Å². The van der Waals surface area contributed by atoms with E-state index < -0.39 is 0 Å². The molecule has 0 aliphatic heterocycles. The third-order valence-corrected chi connectivity index (χ3v) is 7.93. The van der Waals surface area contributed by atoms with Crippen molar-refractivity contribution >= 4 is 5.78 Å². The lowest BCUT2D eigenvalue weighted by Gasteiger charge is -2.04. The second-order valence-electron chi connectivity index (χ2n) is 11.9. The van der Waals surface area contributed by atoms with Crippen LogP contribution in [0, 0.1) is 0 Å². The monoisotopic (exact) mass is 531 g/mol. The summed E-state index contributed by atoms with van der Waals surface area (Å²) in [4.78, 5) is 12.1. The van der Waals surface area contributed by atoms with Gasteiger partial charge in [-0.15, -0.1) is 0 Å². The lowest BCUT2D eigenvalue weighted by atomic mass is 10.0. The Balaban J connectivity index is 3.20. The molecule has 0 unspecified atom stereocenters. The molecule has 0 amide bonds. The Labute approximate surface area is 241 Å². The highest BCUT2D eigenvalue weighted by Gasteiger charge is 2.02. The SMILES string of the molecule is CCCCCC=CCCCCCCCCCCCC(=O)CCCCCCCCCCCC=CCCCCC. The van der Waals surface area contributed by atoms with Crippen LogP contribution < -0.4 is 0 Å². The molecule has 0 atom stereocenters. The molecule has 0 aromatic rings. The van der Waals surface area contributed by atoms with E-state index in [-0.39, 0.29) is 0 Å². The number of hydrogen-bond acceptors (Lipinski definition) is 1. The molecule has 38 heavy (non-hydrogen) atoms. The van der Waals surface area contributed by atoms with Crippen molar-refractivity contribution in [3.8, 4) is 0 Å². The van der Waals surface area contributed by atoms with E-state index in [9.17, 15) is 4.79 Å². The number of allylic oxidation sites excluding steroid dienone is 4. The van der Waals surface area contributed by atoms with Crippen LogP contribution in [-0.2, 0) is 4.79 Å². The third kappa shape index (κ3) is 33.2. The summed E-state index contributed by atoms with van der Waals surface area (Å²) >= 11 is 0. The summed E-state index contributed by atoms with van der Waals surface area (Å²) in [6.45, 7) is 4.54. The quantitative estimate of drug-likeness (QED) is 0.0624. The van der Waals surface area contributed by atoms with Gasteiger partial charge in [0.1, 0.15) is 5.78 Å². The number of Topliss-reactive ketones (excluding diaryl/α,β-unsaturated/α-hetero) is 1. The van der Waals surface area contributed by atoms with E-state index in [1.54, 1.807) is 0 Å². The molecule has 0 spiro atoms. The maximum Gasteiger partial charge on any atom is 0.132 e. The zero-order valence-electron chi connectivity index (χ0n) is 26.4. The van der Waals surface area contributed by atoms with Crippen molar-refractivity contribution in [2.75, 3.05) is 0 Å². The van der Waals surface area contributed by atoms with Crippen LogP contribution in [0.25, 0.3) is 0 Å². The van der Waals surface area contributed by atoms with E-state index in [4.69, 9.17) is 0 Å². The Bertz CT molecular complexity index is 459. The smallest absolute Gasteiger partial charge is 0.132 e. The fourth-order valence-electron chi connectivity index (χ4n) is 5.26. The van der Waals surface area contributed by atoms with Gasteiger partial charge in [-0.05, 0) is 64.2 Å². The van der Waals surface area contributed by atoms with Crippen LogP contribution in [0.2, 0.25) is 0 Å². The molecule has 0 N–H and O–H groups in total. The van der Waals surface area contributed by atoms with E-state index in [1.165, 1.54) is 167 Å². The summed E-state index contributed by atoms with van der Waals surface area (Å²) < 4.78 is 0. The van der Waals surface area contributed by atoms with Gasteiger partial charge in [0, 0.05) is 12.8 Å². The largest absolute Gasteiger partial charge is 0.300 e. The minimum absolute atomic E-state index is 0.517. The van der Waals surface area contributed by atoms with Crippen molar-refractivity contribution in [1.29, 1.82) is 0 Å². The minimum Gasteiger partial charge on any atom is -0.300 e. The molecule has 1 nitrogen and oxygen atoms in total. The van der Waals surface area contributed by atoms with Gasteiger partial charge < -0.3 is 0 Å². The summed E-state index contributed by atoms with van der Waals surface area (Å²) in [5.41, 5.74) is 0. The predicted octanol–water partition coefficient (Wildman–Crippen LogP) is 13.4. The van der Waals surface area contributed by atoms with Crippen LogP contribution in [0.1, 0.15) is 206 Å². The zero-order valence-corrected chi connectivity index (χ0v) is 26.4. The Hall–Kier alpha value is -0.850. The van der Waals surface area contributed by atoms with Crippen molar-refractivity contribution in [3.63, 3.8) is 0 Å². The number of unbranched alkanes of at least 4 members (excludes halogenated alkanes) is 24. The normalized spacial score (nSPS) is 11.8. The molecule has 0 fully saturated rings. The molecule has 0 saturated heterocycles. The maximum absolute atomic E-state index is 12.1. The number of carbonyl (C=O) groups is 1. The number of carbonyl (C=O) groups excluding carboxylic acids is 1. The maximum atomic E-state index is 12.1. The molecule has 224 valence electrons. The molecule has 1 heteroatoms. The molecular weight excluding hydrogens is 460 g/mol. The van der Waals surface area contributed by atoms with E-state index in [2.05, 4.69) is 38.2 Å². The molecule has 0 heterocycles. The van der Waals surface area contributed by atoms with Gasteiger partial charge in [-0.3, -0.25) is 4.79 Å². The fraction of sp³-hybridized carbons (Fsp3) is 0.865. The highest BCUT2D eigenvalue weighted by atomic mass is 16.1. The van der Waals surface area contributed by atoms with Crippen molar-refractivity contribution in [1.82, 2.24) is 0 Å². The highest BCUT2D eigenvalue weighted by molar-refractivity contribution is 5.78. The van der Waals surface area contributed by atoms with Crippen LogP contribution in [0.4, 0.5) is 0 Å². The van der Waals surface area contributed by atoms with Gasteiger partial charge >= 0.3 is 0 Å². The second kappa shape index (κ2) is 34.2. The van der Waals surface area contributed by atoms with Gasteiger partial charge in [-0.1, -0.05) is 154 Å². The first-order valence-corrected chi connectivity index (χ1v) is 17.6. The molecular formula is C37H70O. The summed E-state index contributed by atoms with van der Waals surface area (Å²) in [5.74, 6) is 0.517. The van der Waals surface area contributed by atoms with E-state index >= 15 is 0 Å². The minimum atomic E-state index is 0.517. The standard InChI is InChI=1S/C37H70O/c1-3-5-7-9-11-13-15-17-19-21-23-25-27-29-31-33-35-37(38)36-34-32-30-28-26-24-22-20-18-16-14-12-10-8-6-4-2/h11-14H,3-10,15-36H2,1-2H3. The van der Waals surface area contributed by atoms with Gasteiger partial charge in [-0.2, -0.15) is 0 Å². The third-order valence-electron chi connectivity index (χ3n) is 7.93. The topological polar surface area (TPSA) is 17.1 Å². The average molecular weight is 531 g/mol. The number of hydrogen-bond donors (Lipinski definition) is 0. The number of rotatable bonds is 32. The summed E-state index contributed by atoms with van der Waals surface area (Å²) in [6.07, 6.45) is 48.5. The van der Waals surface area contributed by atoms with Crippen LogP contribution in [-0.4, -0.2) is 5.78 Å². The Morgan fingerprint density at radius 3 is 0.868 bits per heavy atom. The molecule has 0 aromatic carbocycles. The number of ketones is 1. The Morgan fingerprint density at radius 1 is 0.342 bits per heavy atom. The summed E-state index contributed by atoms with van der Waals surface area (Å²) in [7, 11) is 0. The molecule has 0 aliphatic carbocycles. The van der Waals surface area contributed by atoms with Crippen LogP contribution in [0.15, 0.2) is 24.3 Å². The van der Waals surface area contributed by atoms with Crippen LogP contribution >= 0.6 is 0 Å². The molecule has 0 radical (unpaired) electrons. The van der Waals surface area contributed by atoms with Gasteiger partial charge in [0.2, 0.25) is 0 Å². The fourth-order valence-corrected chi connectivity index (χ4v) is 5.26. The van der Waals surface area contributed by atoms with Crippen molar-refractivity contribution in [2.45, 2.75) is 206 Å². The van der Waals surface area contributed by atoms with Crippen molar-refractivity contribution in [3.05, 3.63) is 24.3 Å². The Morgan fingerprint density at radius 2 is 0.579 bits per heavy atom. The lowest BCUT2D eigenvalue weighted by Crippen LogP contribution is -1.97. The predicted molar refractivity (Wildman–Crippen MR) is 173 cm³/mol. The first-order chi connectivity index (χ1) is 18.8. The Kier molecular flexibility index (Phi) is 33.4. The van der Waals surface area contributed by atoms with E-state index in [0.29, 0.717) is 5.78 Å². The molecule has 0 aliphatic rings. The zero-order chi connectivity index (χ0) is 27.6. The van der Waals surface area contributed by atoms with Crippen LogP contribution in [0.3, 0.4) is 0 Å².